The molecule has 1 heterocycles. The zero-order valence-electron chi connectivity index (χ0n) is 15.3. The lowest BCUT2D eigenvalue weighted by Crippen LogP contribution is -2.24. The maximum atomic E-state index is 12.2. The molecule has 2 amide bonds. The molecule has 1 aromatic heterocycles. The summed E-state index contributed by atoms with van der Waals surface area (Å²) in [6.07, 6.45) is 3.35. The van der Waals surface area contributed by atoms with Crippen molar-refractivity contribution in [3.63, 3.8) is 0 Å². The van der Waals surface area contributed by atoms with E-state index in [-0.39, 0.29) is 24.8 Å². The number of hydrogen-bond acceptors (Lipinski definition) is 4. The fourth-order valence-electron chi connectivity index (χ4n) is 2.56. The number of para-hydroxylation sites is 2. The van der Waals surface area contributed by atoms with Gasteiger partial charge in [0.1, 0.15) is 5.75 Å². The summed E-state index contributed by atoms with van der Waals surface area (Å²) in [7, 11) is 0. The predicted molar refractivity (Wildman–Crippen MR) is 107 cm³/mol. The highest BCUT2D eigenvalue weighted by molar-refractivity contribution is 5.94. The van der Waals surface area contributed by atoms with Crippen LogP contribution in [0.3, 0.4) is 0 Å². The van der Waals surface area contributed by atoms with Crippen molar-refractivity contribution in [2.75, 3.05) is 11.9 Å². The van der Waals surface area contributed by atoms with Crippen LogP contribution in [-0.2, 0) is 11.3 Å². The van der Waals surface area contributed by atoms with Crippen LogP contribution in [0.4, 0.5) is 5.69 Å². The lowest BCUT2D eigenvalue weighted by atomic mass is 10.1. The maximum absolute atomic E-state index is 12.2. The largest absolute Gasteiger partial charge is 0.493 e. The van der Waals surface area contributed by atoms with Gasteiger partial charge in [0.2, 0.25) is 5.91 Å². The second kappa shape index (κ2) is 9.87. The lowest BCUT2D eigenvalue weighted by Gasteiger charge is -2.12. The molecule has 0 saturated heterocycles. The lowest BCUT2D eigenvalue weighted by molar-refractivity contribution is -0.116. The van der Waals surface area contributed by atoms with Gasteiger partial charge in [0.15, 0.2) is 0 Å². The number of ether oxygens (including phenoxy) is 1. The van der Waals surface area contributed by atoms with Crippen molar-refractivity contribution in [2.45, 2.75) is 13.0 Å². The minimum Gasteiger partial charge on any atom is -0.493 e. The Balaban J connectivity index is 1.51. The summed E-state index contributed by atoms with van der Waals surface area (Å²) in [6, 6.07) is 20.1. The zero-order valence-corrected chi connectivity index (χ0v) is 15.3. The van der Waals surface area contributed by atoms with Crippen LogP contribution in [0.5, 0.6) is 5.75 Å². The number of aromatic nitrogens is 1. The number of hydrogen-bond donors (Lipinski definition) is 2. The number of nitrogens with zero attached hydrogens (tertiary/aromatic N) is 1. The molecule has 3 aromatic rings. The van der Waals surface area contributed by atoms with Gasteiger partial charge in [0.05, 0.1) is 18.6 Å². The van der Waals surface area contributed by atoms with Crippen LogP contribution in [0, 0.1) is 0 Å². The van der Waals surface area contributed by atoms with Crippen LogP contribution in [0.1, 0.15) is 22.3 Å². The van der Waals surface area contributed by atoms with Crippen molar-refractivity contribution < 1.29 is 14.3 Å². The van der Waals surface area contributed by atoms with E-state index in [1.165, 1.54) is 6.20 Å². The maximum Gasteiger partial charge on any atom is 0.253 e. The molecule has 0 saturated carbocycles. The Hall–Kier alpha value is -3.67. The first-order valence-corrected chi connectivity index (χ1v) is 8.96. The normalized spacial score (nSPS) is 10.1. The van der Waals surface area contributed by atoms with Crippen molar-refractivity contribution >= 4 is 17.5 Å². The predicted octanol–water partition coefficient (Wildman–Crippen LogP) is 3.42. The van der Waals surface area contributed by atoms with Crippen LogP contribution < -0.4 is 15.4 Å². The number of pyridine rings is 1. The highest BCUT2D eigenvalue weighted by Gasteiger charge is 2.09. The molecule has 0 fully saturated rings. The van der Waals surface area contributed by atoms with Crippen LogP contribution >= 0.6 is 0 Å². The minimum absolute atomic E-state index is 0.151. The standard InChI is InChI=1S/C22H21N3O3/c26-21(12-14-28-19-9-2-1-3-10-19)25-20-11-5-4-7-17(20)16-24-22(27)18-8-6-13-23-15-18/h1-11,13,15H,12,14,16H2,(H,24,27)(H,25,26). The SMILES string of the molecule is O=C(CCOc1ccccc1)Nc1ccccc1CNC(=O)c1cccnc1. The van der Waals surface area contributed by atoms with Gasteiger partial charge in [-0.15, -0.1) is 0 Å². The van der Waals surface area contributed by atoms with Gasteiger partial charge in [0, 0.05) is 24.6 Å². The molecule has 6 heteroatoms. The summed E-state index contributed by atoms with van der Waals surface area (Å²) in [6.45, 7) is 0.584. The highest BCUT2D eigenvalue weighted by Crippen LogP contribution is 2.16. The number of nitrogens with one attached hydrogen (secondary N) is 2. The molecule has 142 valence electrons. The summed E-state index contributed by atoms with van der Waals surface area (Å²) in [4.78, 5) is 28.3. The summed E-state index contributed by atoms with van der Waals surface area (Å²) >= 11 is 0. The fourth-order valence-corrected chi connectivity index (χ4v) is 2.56. The van der Waals surface area contributed by atoms with E-state index in [0.29, 0.717) is 17.8 Å². The van der Waals surface area contributed by atoms with E-state index >= 15 is 0 Å². The van der Waals surface area contributed by atoms with Gasteiger partial charge in [-0.3, -0.25) is 14.6 Å². The van der Waals surface area contributed by atoms with Crippen molar-refractivity contribution in [1.29, 1.82) is 0 Å². The van der Waals surface area contributed by atoms with E-state index in [4.69, 9.17) is 4.74 Å². The number of anilines is 1. The Morgan fingerprint density at radius 3 is 2.50 bits per heavy atom. The van der Waals surface area contributed by atoms with E-state index < -0.39 is 0 Å². The van der Waals surface area contributed by atoms with Crippen LogP contribution in [-0.4, -0.2) is 23.4 Å². The summed E-state index contributed by atoms with van der Waals surface area (Å²) in [5.41, 5.74) is 1.97. The molecule has 3 rings (SSSR count). The molecular formula is C22H21N3O3. The molecule has 0 bridgehead atoms. The molecule has 0 radical (unpaired) electrons. The third-order valence-corrected chi connectivity index (χ3v) is 4.00. The first-order valence-electron chi connectivity index (χ1n) is 8.96. The van der Waals surface area contributed by atoms with Gasteiger partial charge in [-0.25, -0.2) is 0 Å². The third kappa shape index (κ3) is 5.67. The van der Waals surface area contributed by atoms with Gasteiger partial charge in [-0.2, -0.15) is 0 Å². The average molecular weight is 375 g/mol. The molecule has 0 atom stereocenters. The molecule has 0 aliphatic carbocycles. The second-order valence-electron chi connectivity index (χ2n) is 6.04. The molecule has 2 N–H and O–H groups in total. The van der Waals surface area contributed by atoms with Crippen LogP contribution in [0.2, 0.25) is 0 Å². The molecule has 0 aliphatic rings. The van der Waals surface area contributed by atoms with Crippen molar-refractivity contribution in [3.8, 4) is 5.75 Å². The Morgan fingerprint density at radius 2 is 1.71 bits per heavy atom. The van der Waals surface area contributed by atoms with E-state index in [1.54, 1.807) is 18.3 Å². The van der Waals surface area contributed by atoms with Gasteiger partial charge in [-0.1, -0.05) is 36.4 Å². The fraction of sp³-hybridized carbons (Fsp3) is 0.136. The highest BCUT2D eigenvalue weighted by atomic mass is 16.5. The zero-order chi connectivity index (χ0) is 19.6. The Kier molecular flexibility index (Phi) is 6.73. The van der Waals surface area contributed by atoms with Crippen molar-refractivity contribution in [1.82, 2.24) is 10.3 Å². The van der Waals surface area contributed by atoms with Gasteiger partial charge in [-0.05, 0) is 35.9 Å². The van der Waals surface area contributed by atoms with Gasteiger partial charge in [0.25, 0.3) is 5.91 Å². The molecular weight excluding hydrogens is 354 g/mol. The molecule has 0 aliphatic heterocycles. The minimum atomic E-state index is -0.217. The quantitative estimate of drug-likeness (QED) is 0.632. The Bertz CT molecular complexity index is 915. The first kappa shape index (κ1) is 19.1. The molecule has 6 nitrogen and oxygen atoms in total. The molecule has 2 aromatic carbocycles. The van der Waals surface area contributed by atoms with Crippen molar-refractivity contribution in [3.05, 3.63) is 90.3 Å². The summed E-state index contributed by atoms with van der Waals surface area (Å²) < 4.78 is 5.55. The summed E-state index contributed by atoms with van der Waals surface area (Å²) in [5, 5.41) is 5.72. The van der Waals surface area contributed by atoms with Crippen LogP contribution in [0.15, 0.2) is 79.1 Å². The third-order valence-electron chi connectivity index (χ3n) is 4.00. The van der Waals surface area contributed by atoms with E-state index in [0.717, 1.165) is 11.3 Å². The Morgan fingerprint density at radius 1 is 0.929 bits per heavy atom. The number of benzene rings is 2. The number of carbonyl (C=O) groups excluding carboxylic acids is 2. The average Bonchev–Trinajstić information content (AvgIpc) is 2.74. The van der Waals surface area contributed by atoms with E-state index in [1.807, 2.05) is 54.6 Å². The molecule has 28 heavy (non-hydrogen) atoms. The first-order chi connectivity index (χ1) is 13.7. The van der Waals surface area contributed by atoms with Crippen molar-refractivity contribution in [2.24, 2.45) is 0 Å². The molecule has 0 spiro atoms. The van der Waals surface area contributed by atoms with Gasteiger partial charge >= 0.3 is 0 Å². The number of rotatable bonds is 8. The topological polar surface area (TPSA) is 80.3 Å². The number of carbonyl (C=O) groups is 2. The Labute approximate surface area is 163 Å². The molecule has 0 unspecified atom stereocenters. The van der Waals surface area contributed by atoms with Gasteiger partial charge < -0.3 is 15.4 Å². The summed E-state index contributed by atoms with van der Waals surface area (Å²) in [5.74, 6) is 0.362. The number of amides is 2. The second-order valence-corrected chi connectivity index (χ2v) is 6.04. The smallest absolute Gasteiger partial charge is 0.253 e. The van der Waals surface area contributed by atoms with Crippen LogP contribution in [0.25, 0.3) is 0 Å². The monoisotopic (exact) mass is 375 g/mol. The van der Waals surface area contributed by atoms with E-state index in [9.17, 15) is 9.59 Å². The van der Waals surface area contributed by atoms with E-state index in [2.05, 4.69) is 15.6 Å².